The lowest BCUT2D eigenvalue weighted by atomic mass is 9.79. The molecule has 1 fully saturated rings. The van der Waals surface area contributed by atoms with Crippen molar-refractivity contribution in [2.75, 3.05) is 0 Å². The van der Waals surface area contributed by atoms with Gasteiger partial charge in [-0.3, -0.25) is 19.2 Å². The van der Waals surface area contributed by atoms with Crippen LogP contribution < -0.4 is 10.6 Å². The first kappa shape index (κ1) is 23.3. The average Bonchev–Trinajstić information content (AvgIpc) is 3.49. The maximum absolute atomic E-state index is 13.6. The number of carbonyl (C=O) groups is 4. The van der Waals surface area contributed by atoms with Crippen molar-refractivity contribution in [1.29, 1.82) is 0 Å². The quantitative estimate of drug-likeness (QED) is 0.591. The summed E-state index contributed by atoms with van der Waals surface area (Å²) in [4.78, 5) is 51.5. The molecular formula is C27H31N3O5. The van der Waals surface area contributed by atoms with Crippen molar-refractivity contribution in [3.05, 3.63) is 59.4 Å². The minimum atomic E-state index is -0.982. The second-order valence-electron chi connectivity index (χ2n) is 10.1. The van der Waals surface area contributed by atoms with Crippen molar-refractivity contribution >= 4 is 23.6 Å². The molecule has 184 valence electrons. The third kappa shape index (κ3) is 4.61. The maximum atomic E-state index is 13.6. The van der Waals surface area contributed by atoms with Gasteiger partial charge in [0.2, 0.25) is 5.91 Å². The fourth-order valence-electron chi connectivity index (χ4n) is 6.09. The van der Waals surface area contributed by atoms with Gasteiger partial charge < -0.3 is 20.3 Å². The first-order chi connectivity index (χ1) is 16.9. The minimum absolute atomic E-state index is 0.0481. The molecule has 35 heavy (non-hydrogen) atoms. The van der Waals surface area contributed by atoms with Gasteiger partial charge in [-0.25, -0.2) is 0 Å². The fraction of sp³-hybridized carbons (Fsp3) is 0.481. The maximum Gasteiger partial charge on any atom is 0.308 e. The molecular weight excluding hydrogens is 446 g/mol. The van der Waals surface area contributed by atoms with Crippen LogP contribution in [0.3, 0.4) is 0 Å². The van der Waals surface area contributed by atoms with Gasteiger partial charge in [0.15, 0.2) is 0 Å². The highest BCUT2D eigenvalue weighted by atomic mass is 16.4. The van der Waals surface area contributed by atoms with Crippen LogP contribution in [0, 0.1) is 11.8 Å². The summed E-state index contributed by atoms with van der Waals surface area (Å²) in [5, 5.41) is 15.7. The summed E-state index contributed by atoms with van der Waals surface area (Å²) in [7, 11) is 0. The Morgan fingerprint density at radius 2 is 1.77 bits per heavy atom. The highest BCUT2D eigenvalue weighted by Gasteiger charge is 2.43. The topological polar surface area (TPSA) is 118 Å². The molecule has 2 aliphatic carbocycles. The molecule has 8 heteroatoms. The zero-order chi connectivity index (χ0) is 24.5. The summed E-state index contributed by atoms with van der Waals surface area (Å²) >= 11 is 0. The number of benzene rings is 1. The van der Waals surface area contributed by atoms with E-state index >= 15 is 0 Å². The summed E-state index contributed by atoms with van der Waals surface area (Å²) in [5.74, 6) is -2.98. The van der Waals surface area contributed by atoms with Crippen LogP contribution >= 0.6 is 0 Å². The highest BCUT2D eigenvalue weighted by molar-refractivity contribution is 5.98. The monoisotopic (exact) mass is 477 g/mol. The van der Waals surface area contributed by atoms with Gasteiger partial charge in [0, 0.05) is 36.5 Å². The molecule has 8 nitrogen and oxygen atoms in total. The molecule has 4 atom stereocenters. The van der Waals surface area contributed by atoms with Gasteiger partial charge in [-0.1, -0.05) is 31.0 Å². The van der Waals surface area contributed by atoms with E-state index in [0.717, 1.165) is 36.9 Å². The molecule has 0 radical (unpaired) electrons. The molecule has 0 spiro atoms. The summed E-state index contributed by atoms with van der Waals surface area (Å²) in [5.41, 5.74) is 2.38. The SMILES string of the molecule is O=C(NC(C(=O)N[C@H]1CCc2ccn3c2C1C(=O)C[C@H](C(=O)O)C3)C1CCCC1)c1ccccc1. The molecule has 2 aromatic rings. The van der Waals surface area contributed by atoms with E-state index in [1.807, 2.05) is 22.9 Å². The minimum Gasteiger partial charge on any atom is -0.481 e. The predicted octanol–water partition coefficient (Wildman–Crippen LogP) is 2.67. The Hall–Kier alpha value is -3.42. The zero-order valence-electron chi connectivity index (χ0n) is 19.6. The Morgan fingerprint density at radius 1 is 1.03 bits per heavy atom. The largest absolute Gasteiger partial charge is 0.481 e. The normalized spacial score (nSPS) is 24.8. The first-order valence-electron chi connectivity index (χ1n) is 12.5. The van der Waals surface area contributed by atoms with Gasteiger partial charge in [-0.2, -0.15) is 0 Å². The van der Waals surface area contributed by atoms with Crippen LogP contribution in [0.25, 0.3) is 0 Å². The molecule has 1 aliphatic heterocycles. The summed E-state index contributed by atoms with van der Waals surface area (Å²) in [6, 6.07) is 9.71. The van der Waals surface area contributed by atoms with Gasteiger partial charge in [-0.15, -0.1) is 0 Å². The van der Waals surface area contributed by atoms with Crippen molar-refractivity contribution < 1.29 is 24.3 Å². The molecule has 5 rings (SSSR count). The Balaban J connectivity index is 1.38. The van der Waals surface area contributed by atoms with Gasteiger partial charge in [0.05, 0.1) is 11.8 Å². The van der Waals surface area contributed by atoms with Crippen molar-refractivity contribution in [2.24, 2.45) is 11.8 Å². The van der Waals surface area contributed by atoms with Gasteiger partial charge in [0.1, 0.15) is 11.8 Å². The number of hydrogen-bond donors (Lipinski definition) is 3. The summed E-state index contributed by atoms with van der Waals surface area (Å²) in [6.45, 7) is 0.255. The Labute approximate surface area is 204 Å². The lowest BCUT2D eigenvalue weighted by Gasteiger charge is -2.34. The van der Waals surface area contributed by atoms with E-state index in [1.165, 1.54) is 0 Å². The number of ketones is 1. The highest BCUT2D eigenvalue weighted by Crippen LogP contribution is 2.38. The molecule has 0 saturated heterocycles. The van der Waals surface area contributed by atoms with Crippen LogP contribution in [-0.4, -0.2) is 45.3 Å². The molecule has 0 bridgehead atoms. The molecule has 1 aromatic heterocycles. The van der Waals surface area contributed by atoms with Crippen LogP contribution in [-0.2, 0) is 27.3 Å². The van der Waals surface area contributed by atoms with Crippen LogP contribution in [0.4, 0.5) is 0 Å². The standard InChI is InChI=1S/C27H31N3O5/c31-21-14-19(27(34)35)15-30-13-12-17-10-11-20(22(21)24(17)30)28-26(33)23(16-6-4-5-7-16)29-25(32)18-8-2-1-3-9-18/h1-3,8-9,12-13,16,19-20,22-23H,4-7,10-11,14-15H2,(H,28,33)(H,29,32)(H,34,35)/t19-,20-,22?,23?/m0/s1. The number of amides is 2. The zero-order valence-corrected chi connectivity index (χ0v) is 19.6. The number of aliphatic carboxylic acids is 1. The predicted molar refractivity (Wildman–Crippen MR) is 128 cm³/mol. The van der Waals surface area contributed by atoms with Crippen LogP contribution in [0.1, 0.15) is 66.1 Å². The second kappa shape index (κ2) is 9.68. The van der Waals surface area contributed by atoms with E-state index in [2.05, 4.69) is 10.6 Å². The van der Waals surface area contributed by atoms with E-state index in [9.17, 15) is 24.3 Å². The average molecular weight is 478 g/mol. The van der Waals surface area contributed by atoms with Gasteiger partial charge >= 0.3 is 5.97 Å². The fourth-order valence-corrected chi connectivity index (χ4v) is 6.09. The number of carbonyl (C=O) groups excluding carboxylic acids is 3. The van der Waals surface area contributed by atoms with E-state index in [0.29, 0.717) is 18.4 Å². The van der Waals surface area contributed by atoms with Gasteiger partial charge in [0.25, 0.3) is 5.91 Å². The van der Waals surface area contributed by atoms with Crippen LogP contribution in [0.2, 0.25) is 0 Å². The molecule has 1 aromatic carbocycles. The number of aromatic nitrogens is 1. The number of nitrogens with one attached hydrogen (secondary N) is 2. The van der Waals surface area contributed by atoms with E-state index in [4.69, 9.17) is 0 Å². The number of aryl methyl sites for hydroxylation is 1. The number of rotatable bonds is 6. The third-order valence-electron chi connectivity index (χ3n) is 7.88. The summed E-state index contributed by atoms with van der Waals surface area (Å²) < 4.78 is 1.88. The third-order valence-corrected chi connectivity index (χ3v) is 7.88. The molecule has 2 unspecified atom stereocenters. The van der Waals surface area contributed by atoms with Crippen molar-refractivity contribution in [3.63, 3.8) is 0 Å². The van der Waals surface area contributed by atoms with E-state index < -0.39 is 29.9 Å². The Morgan fingerprint density at radius 3 is 2.49 bits per heavy atom. The number of Topliss-reactive ketones (excluding diaryl/α,β-unsaturated/α-hetero) is 1. The number of carboxylic acid groups (broad SMARTS) is 1. The second-order valence-corrected chi connectivity index (χ2v) is 10.1. The van der Waals surface area contributed by atoms with Crippen molar-refractivity contribution in [1.82, 2.24) is 15.2 Å². The lowest BCUT2D eigenvalue weighted by molar-refractivity contribution is -0.144. The smallest absolute Gasteiger partial charge is 0.308 e. The Kier molecular flexibility index (Phi) is 6.45. The van der Waals surface area contributed by atoms with Crippen LogP contribution in [0.15, 0.2) is 42.6 Å². The van der Waals surface area contributed by atoms with Gasteiger partial charge in [-0.05, 0) is 55.4 Å². The van der Waals surface area contributed by atoms with Crippen molar-refractivity contribution in [3.8, 4) is 0 Å². The molecule has 2 amide bonds. The van der Waals surface area contributed by atoms with E-state index in [1.54, 1.807) is 24.3 Å². The molecule has 3 N–H and O–H groups in total. The lowest BCUT2D eigenvalue weighted by Crippen LogP contribution is -2.55. The number of nitrogens with zero attached hydrogens (tertiary/aromatic N) is 1. The number of carboxylic acids is 1. The molecule has 2 heterocycles. The van der Waals surface area contributed by atoms with E-state index in [-0.39, 0.29) is 36.5 Å². The van der Waals surface area contributed by atoms with Crippen LogP contribution in [0.5, 0.6) is 0 Å². The van der Waals surface area contributed by atoms with Crippen molar-refractivity contribution in [2.45, 2.75) is 69.5 Å². The Bertz CT molecular complexity index is 1130. The number of hydrogen-bond acceptors (Lipinski definition) is 4. The summed E-state index contributed by atoms with van der Waals surface area (Å²) in [6.07, 6.45) is 6.89. The first-order valence-corrected chi connectivity index (χ1v) is 12.5. The molecule has 1 saturated carbocycles. The molecule has 3 aliphatic rings.